The van der Waals surface area contributed by atoms with Crippen LogP contribution in [-0.2, 0) is 0 Å². The molecule has 1 heterocycles. The fraction of sp³-hybridized carbons (Fsp3) is 0.0625. The average molecular weight is 376 g/mol. The van der Waals surface area contributed by atoms with Gasteiger partial charge in [0.15, 0.2) is 14.1 Å². The highest BCUT2D eigenvalue weighted by atomic mass is 32.2. The number of hydrogen-bond acceptors (Lipinski definition) is 7. The summed E-state index contributed by atoms with van der Waals surface area (Å²) in [4.78, 5) is 12.2. The summed E-state index contributed by atoms with van der Waals surface area (Å²) in [6.45, 7) is 0. The molecule has 122 valence electrons. The van der Waals surface area contributed by atoms with Gasteiger partial charge in [-0.25, -0.2) is 4.68 Å². The molecule has 8 heteroatoms. The predicted octanol–water partition coefficient (Wildman–Crippen LogP) is 4.05. The number of benzene rings is 2. The summed E-state index contributed by atoms with van der Waals surface area (Å²) in [5.74, 6) is -0.445. The van der Waals surface area contributed by atoms with Crippen molar-refractivity contribution in [1.29, 1.82) is 0 Å². The lowest BCUT2D eigenvalue weighted by atomic mass is 10.1. The van der Waals surface area contributed by atoms with Crippen LogP contribution in [0, 0.1) is 3.95 Å². The van der Waals surface area contributed by atoms with Crippen LogP contribution in [0.15, 0.2) is 52.9 Å². The summed E-state index contributed by atoms with van der Waals surface area (Å²) in [6.07, 6.45) is 0. The van der Waals surface area contributed by atoms with E-state index in [0.717, 1.165) is 11.8 Å². The largest absolute Gasteiger partial charge is 0.508 e. The smallest absolute Gasteiger partial charge is 0.184 e. The van der Waals surface area contributed by atoms with E-state index in [4.69, 9.17) is 12.2 Å². The molecule has 0 saturated heterocycles. The molecule has 0 aliphatic heterocycles. The zero-order chi connectivity index (χ0) is 17.1. The molecule has 0 bridgehead atoms. The van der Waals surface area contributed by atoms with Crippen molar-refractivity contribution in [3.05, 3.63) is 58.0 Å². The summed E-state index contributed by atoms with van der Waals surface area (Å²) < 4.78 is 2.93. The molecule has 3 aromatic rings. The third-order valence-corrected chi connectivity index (χ3v) is 5.50. The van der Waals surface area contributed by atoms with Gasteiger partial charge in [-0.3, -0.25) is 4.79 Å². The Labute approximate surface area is 151 Å². The fourth-order valence-corrected chi connectivity index (χ4v) is 4.26. The summed E-state index contributed by atoms with van der Waals surface area (Å²) in [5.41, 5.74) is 1.04. The Balaban J connectivity index is 1.73. The van der Waals surface area contributed by atoms with Gasteiger partial charge in [0.05, 0.1) is 17.0 Å². The lowest BCUT2D eigenvalue weighted by Crippen LogP contribution is -2.03. The first-order valence-corrected chi connectivity index (χ1v) is 9.09. The first kappa shape index (κ1) is 16.7. The molecule has 24 heavy (non-hydrogen) atoms. The van der Waals surface area contributed by atoms with E-state index in [2.05, 4.69) is 5.10 Å². The van der Waals surface area contributed by atoms with Gasteiger partial charge in [0.1, 0.15) is 11.5 Å². The monoisotopic (exact) mass is 376 g/mol. The summed E-state index contributed by atoms with van der Waals surface area (Å²) in [6, 6.07) is 13.4. The quantitative estimate of drug-likeness (QED) is 0.397. The molecule has 0 amide bonds. The summed E-state index contributed by atoms with van der Waals surface area (Å²) in [5, 5.41) is 23.4. The van der Waals surface area contributed by atoms with Crippen LogP contribution in [0.4, 0.5) is 0 Å². The fourth-order valence-electron chi connectivity index (χ4n) is 2.01. The van der Waals surface area contributed by atoms with E-state index < -0.39 is 0 Å². The van der Waals surface area contributed by atoms with E-state index in [1.54, 1.807) is 4.68 Å². The number of nitrogens with zero attached hydrogens (tertiary/aromatic N) is 2. The third-order valence-electron chi connectivity index (χ3n) is 3.14. The Hall–Kier alpha value is -2.16. The molecule has 0 spiro atoms. The molecule has 0 fully saturated rings. The number of Topliss-reactive ketones (excluding diaryl/α,β-unsaturated/α-hetero) is 1. The minimum absolute atomic E-state index is 0.0868. The number of aromatic hydroxyl groups is 2. The molecule has 0 radical (unpaired) electrons. The SMILES string of the molecule is O=C(CSc1nn(-c2ccccc2)c(=S)s1)c1ccc(O)cc1O. The number of ketones is 1. The Kier molecular flexibility index (Phi) is 4.98. The molecular weight excluding hydrogens is 364 g/mol. The van der Waals surface area contributed by atoms with E-state index in [0.29, 0.717) is 8.29 Å². The molecule has 2 N–H and O–H groups in total. The number of carbonyl (C=O) groups is 1. The molecule has 1 aromatic heterocycles. The topological polar surface area (TPSA) is 75.4 Å². The lowest BCUT2D eigenvalue weighted by Gasteiger charge is -2.03. The van der Waals surface area contributed by atoms with Crippen molar-refractivity contribution in [2.24, 2.45) is 0 Å². The number of para-hydroxylation sites is 1. The molecule has 3 rings (SSSR count). The van der Waals surface area contributed by atoms with Crippen LogP contribution in [0.25, 0.3) is 5.69 Å². The van der Waals surface area contributed by atoms with Gasteiger partial charge in [0.2, 0.25) is 0 Å². The minimum atomic E-state index is -0.245. The second kappa shape index (κ2) is 7.16. The van der Waals surface area contributed by atoms with E-state index in [1.165, 1.54) is 35.2 Å². The van der Waals surface area contributed by atoms with Gasteiger partial charge >= 0.3 is 0 Å². The maximum Gasteiger partial charge on any atom is 0.184 e. The molecule has 0 saturated carbocycles. The Morgan fingerprint density at radius 2 is 1.96 bits per heavy atom. The predicted molar refractivity (Wildman–Crippen MR) is 97.1 cm³/mol. The van der Waals surface area contributed by atoms with Crippen molar-refractivity contribution < 1.29 is 15.0 Å². The van der Waals surface area contributed by atoms with Gasteiger partial charge < -0.3 is 10.2 Å². The standard InChI is InChI=1S/C16H12N2O3S3/c19-11-6-7-12(13(20)8-11)14(21)9-23-15-17-18(16(22)24-15)10-4-2-1-3-5-10/h1-8,19-20H,9H2. The van der Waals surface area contributed by atoms with Crippen LogP contribution < -0.4 is 0 Å². The van der Waals surface area contributed by atoms with Gasteiger partial charge in [-0.05, 0) is 36.5 Å². The molecule has 0 atom stereocenters. The Morgan fingerprint density at radius 1 is 1.21 bits per heavy atom. The van der Waals surface area contributed by atoms with E-state index in [1.807, 2.05) is 30.3 Å². The zero-order valence-electron chi connectivity index (χ0n) is 12.2. The number of phenolic OH excluding ortho intramolecular Hbond substituents is 2. The van der Waals surface area contributed by atoms with Gasteiger partial charge in [-0.2, -0.15) is 0 Å². The van der Waals surface area contributed by atoms with E-state index in [-0.39, 0.29) is 28.6 Å². The van der Waals surface area contributed by atoms with Crippen LogP contribution in [0.1, 0.15) is 10.4 Å². The van der Waals surface area contributed by atoms with Crippen LogP contribution in [0.5, 0.6) is 11.5 Å². The van der Waals surface area contributed by atoms with Crippen molar-refractivity contribution >= 4 is 41.1 Å². The first-order valence-electron chi connectivity index (χ1n) is 6.88. The molecule has 2 aromatic carbocycles. The van der Waals surface area contributed by atoms with Crippen LogP contribution in [0.3, 0.4) is 0 Å². The zero-order valence-corrected chi connectivity index (χ0v) is 14.7. The Morgan fingerprint density at radius 3 is 2.67 bits per heavy atom. The molecular formula is C16H12N2O3S3. The highest BCUT2D eigenvalue weighted by molar-refractivity contribution is 8.01. The maximum absolute atomic E-state index is 12.2. The second-order valence-corrected chi connectivity index (χ2v) is 7.64. The maximum atomic E-state index is 12.2. The summed E-state index contributed by atoms with van der Waals surface area (Å²) in [7, 11) is 0. The van der Waals surface area contributed by atoms with Crippen molar-refractivity contribution in [2.75, 3.05) is 5.75 Å². The first-order chi connectivity index (χ1) is 11.5. The number of rotatable bonds is 5. The minimum Gasteiger partial charge on any atom is -0.508 e. The molecule has 0 aliphatic rings. The van der Waals surface area contributed by atoms with Gasteiger partial charge in [-0.15, -0.1) is 5.10 Å². The number of thioether (sulfide) groups is 1. The number of aromatic nitrogens is 2. The van der Waals surface area contributed by atoms with Crippen molar-refractivity contribution in [3.8, 4) is 17.2 Å². The normalized spacial score (nSPS) is 10.7. The van der Waals surface area contributed by atoms with E-state index >= 15 is 0 Å². The molecule has 5 nitrogen and oxygen atoms in total. The van der Waals surface area contributed by atoms with Crippen LogP contribution >= 0.6 is 35.3 Å². The number of carbonyl (C=O) groups excluding carboxylic acids is 1. The van der Waals surface area contributed by atoms with E-state index in [9.17, 15) is 15.0 Å². The van der Waals surface area contributed by atoms with Gasteiger partial charge in [0.25, 0.3) is 0 Å². The number of phenols is 2. The van der Waals surface area contributed by atoms with Gasteiger partial charge in [-0.1, -0.05) is 41.3 Å². The van der Waals surface area contributed by atoms with Crippen LogP contribution in [0.2, 0.25) is 0 Å². The van der Waals surface area contributed by atoms with Crippen molar-refractivity contribution in [2.45, 2.75) is 4.34 Å². The molecule has 0 aliphatic carbocycles. The Bertz CT molecular complexity index is 935. The van der Waals surface area contributed by atoms with Crippen molar-refractivity contribution in [3.63, 3.8) is 0 Å². The van der Waals surface area contributed by atoms with Crippen molar-refractivity contribution in [1.82, 2.24) is 9.78 Å². The van der Waals surface area contributed by atoms with Crippen LogP contribution in [-0.4, -0.2) is 31.5 Å². The third kappa shape index (κ3) is 3.66. The second-order valence-electron chi connectivity index (χ2n) is 4.79. The lowest BCUT2D eigenvalue weighted by molar-refractivity contribution is 0.102. The molecule has 0 unspecified atom stereocenters. The summed E-state index contributed by atoms with van der Waals surface area (Å²) >= 11 is 7.91. The average Bonchev–Trinajstić information content (AvgIpc) is 2.94. The highest BCUT2D eigenvalue weighted by Gasteiger charge is 2.14. The highest BCUT2D eigenvalue weighted by Crippen LogP contribution is 2.28. The van der Waals surface area contributed by atoms with Gasteiger partial charge in [0, 0.05) is 6.07 Å². The number of hydrogen-bond donors (Lipinski definition) is 2.